The average Bonchev–Trinajstić information content (AvgIpc) is 2.70. The van der Waals surface area contributed by atoms with Crippen LogP contribution in [0.15, 0.2) is 24.3 Å². The number of piperidine rings is 1. The highest BCUT2D eigenvalue weighted by molar-refractivity contribution is 5.89. The van der Waals surface area contributed by atoms with Crippen molar-refractivity contribution in [3.8, 4) is 5.75 Å². The molecule has 6 heteroatoms. The normalized spacial score (nSPS) is 15.9. The van der Waals surface area contributed by atoms with E-state index in [4.69, 9.17) is 9.47 Å². The maximum Gasteiger partial charge on any atom is 0.412 e. The van der Waals surface area contributed by atoms with Crippen LogP contribution in [0.4, 0.5) is 10.5 Å². The molecule has 0 saturated carbocycles. The van der Waals surface area contributed by atoms with Crippen LogP contribution in [0, 0.1) is 0 Å². The molecule has 0 aromatic heterocycles. The van der Waals surface area contributed by atoms with Gasteiger partial charge in [-0.25, -0.2) is 4.79 Å². The van der Waals surface area contributed by atoms with Gasteiger partial charge in [-0.2, -0.15) is 0 Å². The van der Waals surface area contributed by atoms with Crippen LogP contribution >= 0.6 is 0 Å². The fourth-order valence-electron chi connectivity index (χ4n) is 3.79. The Bertz CT molecular complexity index is 575. The summed E-state index contributed by atoms with van der Waals surface area (Å²) in [6.07, 6.45) is 7.10. The quantitative estimate of drug-likeness (QED) is 0.526. The number of hydrogen-bond acceptors (Lipinski definition) is 4. The third-order valence-electron chi connectivity index (χ3n) is 5.23. The molecule has 1 aromatic rings. The molecule has 1 aromatic carbocycles. The van der Waals surface area contributed by atoms with Crippen LogP contribution in [0.3, 0.4) is 0 Å². The summed E-state index contributed by atoms with van der Waals surface area (Å²) in [4.78, 5) is 16.0. The number of methoxy groups -OCH3 is 1. The van der Waals surface area contributed by atoms with Crippen molar-refractivity contribution in [3.63, 3.8) is 0 Å². The van der Waals surface area contributed by atoms with E-state index in [2.05, 4.69) is 11.8 Å². The van der Waals surface area contributed by atoms with Gasteiger partial charge in [0.2, 0.25) is 0 Å². The van der Waals surface area contributed by atoms with E-state index in [1.807, 2.05) is 24.3 Å². The van der Waals surface area contributed by atoms with Gasteiger partial charge in [-0.05, 0) is 44.5 Å². The van der Waals surface area contributed by atoms with Crippen LogP contribution < -0.4 is 9.64 Å². The molecule has 1 aliphatic heterocycles. The van der Waals surface area contributed by atoms with Crippen molar-refractivity contribution in [2.45, 2.75) is 57.9 Å². The van der Waals surface area contributed by atoms with Gasteiger partial charge in [0.1, 0.15) is 5.75 Å². The molecule has 158 valence electrons. The molecule has 2 rings (SSSR count). The molecule has 28 heavy (non-hydrogen) atoms. The predicted molar refractivity (Wildman–Crippen MR) is 113 cm³/mol. The molecule has 0 spiro atoms. The number of anilines is 1. The smallest absolute Gasteiger partial charge is 0.412 e. The zero-order valence-corrected chi connectivity index (χ0v) is 17.4. The molecule has 1 atom stereocenters. The van der Waals surface area contributed by atoms with Crippen LogP contribution in [-0.2, 0) is 4.74 Å². The molecule has 1 heterocycles. The zero-order valence-electron chi connectivity index (χ0n) is 17.4. The number of carboxylic acid groups (broad SMARTS) is 1. The second-order valence-corrected chi connectivity index (χ2v) is 7.50. The average molecular weight is 393 g/mol. The van der Waals surface area contributed by atoms with E-state index in [0.29, 0.717) is 31.2 Å². The first kappa shape index (κ1) is 22.5. The monoisotopic (exact) mass is 392 g/mol. The molecule has 1 amide bonds. The Morgan fingerprint density at radius 3 is 2.61 bits per heavy atom. The number of rotatable bonds is 12. The summed E-state index contributed by atoms with van der Waals surface area (Å²) < 4.78 is 11.4. The fourth-order valence-corrected chi connectivity index (χ4v) is 3.79. The van der Waals surface area contributed by atoms with Crippen LogP contribution in [-0.4, -0.2) is 62.1 Å². The summed E-state index contributed by atoms with van der Waals surface area (Å²) in [6.45, 7) is 5.84. The number of ether oxygens (including phenoxy) is 2. The topological polar surface area (TPSA) is 62.2 Å². The molecule has 0 aliphatic carbocycles. The van der Waals surface area contributed by atoms with Crippen LogP contribution in [0.1, 0.15) is 51.9 Å². The number of hydrogen-bond donors (Lipinski definition) is 1. The molecule has 0 radical (unpaired) electrons. The molecular weight excluding hydrogens is 356 g/mol. The maximum absolute atomic E-state index is 12.2. The van der Waals surface area contributed by atoms with Gasteiger partial charge >= 0.3 is 6.09 Å². The Labute approximate surface area is 169 Å². The van der Waals surface area contributed by atoms with Crippen molar-refractivity contribution in [1.82, 2.24) is 4.90 Å². The number of carbonyl (C=O) groups is 1. The molecular formula is C22H36N2O4. The van der Waals surface area contributed by atoms with Crippen molar-refractivity contribution in [2.24, 2.45) is 0 Å². The Kier molecular flexibility index (Phi) is 10.1. The largest absolute Gasteiger partial charge is 0.491 e. The third-order valence-corrected chi connectivity index (χ3v) is 5.23. The van der Waals surface area contributed by atoms with Gasteiger partial charge in [-0.3, -0.25) is 4.90 Å². The third kappa shape index (κ3) is 6.99. The summed E-state index contributed by atoms with van der Waals surface area (Å²) in [7, 11) is 1.62. The summed E-state index contributed by atoms with van der Waals surface area (Å²) in [5.41, 5.74) is 0.601. The van der Waals surface area contributed by atoms with Crippen molar-refractivity contribution >= 4 is 11.8 Å². The number of benzene rings is 1. The number of unbranched alkanes of at least 4 members (excludes halogenated alkanes) is 3. The van der Waals surface area contributed by atoms with Gasteiger partial charge in [0.25, 0.3) is 0 Å². The Morgan fingerprint density at radius 1 is 1.18 bits per heavy atom. The maximum atomic E-state index is 12.2. The molecule has 0 bridgehead atoms. The Morgan fingerprint density at radius 2 is 1.93 bits per heavy atom. The molecule has 1 saturated heterocycles. The van der Waals surface area contributed by atoms with Crippen molar-refractivity contribution in [2.75, 3.05) is 44.9 Å². The Balaban J connectivity index is 2.14. The second-order valence-electron chi connectivity index (χ2n) is 7.50. The summed E-state index contributed by atoms with van der Waals surface area (Å²) >= 11 is 0. The lowest BCUT2D eigenvalue weighted by atomic mass is 10.1. The predicted octanol–water partition coefficient (Wildman–Crippen LogP) is 4.63. The lowest BCUT2D eigenvalue weighted by Gasteiger charge is -2.35. The van der Waals surface area contributed by atoms with Gasteiger partial charge in [-0.1, -0.05) is 44.7 Å². The van der Waals surface area contributed by atoms with Gasteiger partial charge in [0.05, 0.1) is 24.9 Å². The van der Waals surface area contributed by atoms with Crippen LogP contribution in [0.2, 0.25) is 0 Å². The standard InChI is InChI=1S/C22H36N2O4/c1-3-4-5-11-16-28-21-13-8-7-12-20(21)24(22(25)26)19(18-27-2)17-23-14-9-6-10-15-23/h7-8,12-13,19H,3-6,9-11,14-18H2,1-2H3,(H,25,26). The lowest BCUT2D eigenvalue weighted by molar-refractivity contribution is 0.134. The first-order valence-corrected chi connectivity index (χ1v) is 10.6. The Hall–Kier alpha value is -1.79. The van der Waals surface area contributed by atoms with Gasteiger partial charge in [0.15, 0.2) is 0 Å². The number of amides is 1. The van der Waals surface area contributed by atoms with E-state index in [9.17, 15) is 9.90 Å². The summed E-state index contributed by atoms with van der Waals surface area (Å²) in [5, 5.41) is 10.0. The van der Waals surface area contributed by atoms with E-state index in [0.717, 1.165) is 25.9 Å². The van der Waals surface area contributed by atoms with Gasteiger partial charge in [-0.15, -0.1) is 0 Å². The van der Waals surface area contributed by atoms with E-state index in [1.54, 1.807) is 7.11 Å². The first-order valence-electron chi connectivity index (χ1n) is 10.6. The van der Waals surface area contributed by atoms with Crippen LogP contribution in [0.25, 0.3) is 0 Å². The highest BCUT2D eigenvalue weighted by Crippen LogP contribution is 2.30. The minimum absolute atomic E-state index is 0.273. The van der Waals surface area contributed by atoms with Gasteiger partial charge in [0, 0.05) is 13.7 Å². The molecule has 1 N–H and O–H groups in total. The number of likely N-dealkylation sites (tertiary alicyclic amines) is 1. The zero-order chi connectivity index (χ0) is 20.2. The molecule has 1 aliphatic rings. The minimum atomic E-state index is -0.971. The molecule has 1 unspecified atom stereocenters. The summed E-state index contributed by atoms with van der Waals surface area (Å²) in [6, 6.07) is 7.16. The SMILES string of the molecule is CCCCCCOc1ccccc1N(C(=O)O)C(COC)CN1CCCCC1. The highest BCUT2D eigenvalue weighted by atomic mass is 16.5. The molecule has 6 nitrogen and oxygen atoms in total. The van der Waals surface area contributed by atoms with E-state index in [1.165, 1.54) is 37.0 Å². The minimum Gasteiger partial charge on any atom is -0.491 e. The second kappa shape index (κ2) is 12.6. The van der Waals surface area contributed by atoms with Crippen molar-refractivity contribution in [3.05, 3.63) is 24.3 Å². The van der Waals surface area contributed by atoms with Gasteiger partial charge < -0.3 is 19.5 Å². The number of nitrogens with zero attached hydrogens (tertiary/aromatic N) is 2. The van der Waals surface area contributed by atoms with E-state index < -0.39 is 6.09 Å². The van der Waals surface area contributed by atoms with Crippen molar-refractivity contribution in [1.29, 1.82) is 0 Å². The first-order chi connectivity index (χ1) is 13.7. The molecule has 1 fully saturated rings. The lowest BCUT2D eigenvalue weighted by Crippen LogP contribution is -2.50. The number of para-hydroxylation sites is 2. The fraction of sp³-hybridized carbons (Fsp3) is 0.682. The highest BCUT2D eigenvalue weighted by Gasteiger charge is 2.29. The van der Waals surface area contributed by atoms with Crippen LogP contribution in [0.5, 0.6) is 5.75 Å². The van der Waals surface area contributed by atoms with E-state index in [-0.39, 0.29) is 6.04 Å². The van der Waals surface area contributed by atoms with E-state index >= 15 is 0 Å². The van der Waals surface area contributed by atoms with Crippen molar-refractivity contribution < 1.29 is 19.4 Å². The summed E-state index contributed by atoms with van der Waals surface area (Å²) in [5.74, 6) is 0.626.